The van der Waals surface area contributed by atoms with Gasteiger partial charge in [0.2, 0.25) is 5.91 Å². The standard InChI is InChI=1S/C9H17N5O/c1-3-14(4-2)9(15)7-13-5-8(6-13)11-12-10/h8H,3-7H2,1-2H3. The number of hydrogen-bond donors (Lipinski definition) is 0. The Morgan fingerprint density at radius 3 is 2.60 bits per heavy atom. The van der Waals surface area contributed by atoms with Crippen molar-refractivity contribution in [1.29, 1.82) is 0 Å². The highest BCUT2D eigenvalue weighted by Crippen LogP contribution is 2.11. The van der Waals surface area contributed by atoms with Gasteiger partial charge in [-0.2, -0.15) is 0 Å². The van der Waals surface area contributed by atoms with Gasteiger partial charge in [0.05, 0.1) is 12.6 Å². The first-order valence-corrected chi connectivity index (χ1v) is 5.25. The highest BCUT2D eigenvalue weighted by Gasteiger charge is 2.27. The molecular formula is C9H17N5O. The summed E-state index contributed by atoms with van der Waals surface area (Å²) in [7, 11) is 0. The van der Waals surface area contributed by atoms with Crippen molar-refractivity contribution in [3.05, 3.63) is 10.4 Å². The van der Waals surface area contributed by atoms with Crippen LogP contribution in [0.2, 0.25) is 0 Å². The summed E-state index contributed by atoms with van der Waals surface area (Å²) in [5.41, 5.74) is 8.20. The number of carbonyl (C=O) groups excluding carboxylic acids is 1. The third-order valence-corrected chi connectivity index (χ3v) is 2.63. The molecule has 1 aliphatic heterocycles. The molecule has 1 rings (SSSR count). The van der Waals surface area contributed by atoms with Crippen LogP contribution >= 0.6 is 0 Å². The lowest BCUT2D eigenvalue weighted by Gasteiger charge is -2.36. The Labute approximate surface area is 89.5 Å². The number of amides is 1. The molecule has 84 valence electrons. The zero-order chi connectivity index (χ0) is 11.3. The largest absolute Gasteiger partial charge is 0.342 e. The van der Waals surface area contributed by atoms with Crippen LogP contribution in [0.25, 0.3) is 10.4 Å². The van der Waals surface area contributed by atoms with E-state index in [-0.39, 0.29) is 11.9 Å². The first-order valence-electron chi connectivity index (χ1n) is 5.25. The highest BCUT2D eigenvalue weighted by molar-refractivity contribution is 5.78. The van der Waals surface area contributed by atoms with Gasteiger partial charge in [0.15, 0.2) is 0 Å². The molecule has 0 bridgehead atoms. The van der Waals surface area contributed by atoms with Gasteiger partial charge >= 0.3 is 0 Å². The number of nitrogens with zero attached hydrogens (tertiary/aromatic N) is 5. The van der Waals surface area contributed by atoms with Crippen molar-refractivity contribution >= 4 is 5.91 Å². The van der Waals surface area contributed by atoms with Gasteiger partial charge in [-0.1, -0.05) is 5.11 Å². The molecule has 0 aromatic heterocycles. The molecule has 6 nitrogen and oxygen atoms in total. The van der Waals surface area contributed by atoms with Gasteiger partial charge < -0.3 is 4.90 Å². The van der Waals surface area contributed by atoms with Crippen molar-refractivity contribution in [3.8, 4) is 0 Å². The van der Waals surface area contributed by atoms with E-state index in [9.17, 15) is 4.79 Å². The minimum Gasteiger partial charge on any atom is -0.342 e. The van der Waals surface area contributed by atoms with E-state index in [1.807, 2.05) is 18.7 Å². The fraction of sp³-hybridized carbons (Fsp3) is 0.889. The molecule has 0 spiro atoms. The monoisotopic (exact) mass is 211 g/mol. The van der Waals surface area contributed by atoms with Gasteiger partial charge in [0.25, 0.3) is 0 Å². The number of azide groups is 1. The van der Waals surface area contributed by atoms with E-state index >= 15 is 0 Å². The molecule has 1 amide bonds. The number of hydrogen-bond acceptors (Lipinski definition) is 3. The third kappa shape index (κ3) is 3.11. The molecule has 1 heterocycles. The second kappa shape index (κ2) is 5.58. The minimum atomic E-state index is 0.0551. The second-order valence-electron chi connectivity index (χ2n) is 3.62. The maximum atomic E-state index is 11.7. The van der Waals surface area contributed by atoms with Crippen LogP contribution in [-0.2, 0) is 4.79 Å². The topological polar surface area (TPSA) is 72.3 Å². The number of likely N-dealkylation sites (tertiary alicyclic amines) is 1. The molecule has 6 heteroatoms. The van der Waals surface area contributed by atoms with E-state index in [0.717, 1.165) is 13.1 Å². The number of carbonyl (C=O) groups is 1. The molecule has 1 aliphatic rings. The zero-order valence-electron chi connectivity index (χ0n) is 9.26. The molecular weight excluding hydrogens is 194 g/mol. The Morgan fingerprint density at radius 2 is 2.13 bits per heavy atom. The maximum Gasteiger partial charge on any atom is 0.236 e. The summed E-state index contributed by atoms with van der Waals surface area (Å²) in [6, 6.07) is 0.0551. The Morgan fingerprint density at radius 1 is 1.53 bits per heavy atom. The quantitative estimate of drug-likeness (QED) is 0.384. The van der Waals surface area contributed by atoms with Crippen LogP contribution in [0.4, 0.5) is 0 Å². The summed E-state index contributed by atoms with van der Waals surface area (Å²) >= 11 is 0. The Kier molecular flexibility index (Phi) is 4.39. The van der Waals surface area contributed by atoms with E-state index in [1.165, 1.54) is 0 Å². The summed E-state index contributed by atoms with van der Waals surface area (Å²) in [5, 5.41) is 3.59. The smallest absolute Gasteiger partial charge is 0.236 e. The van der Waals surface area contributed by atoms with Crippen LogP contribution in [-0.4, -0.2) is 54.5 Å². The molecule has 1 fully saturated rings. The van der Waals surface area contributed by atoms with Crippen molar-refractivity contribution in [1.82, 2.24) is 9.80 Å². The van der Waals surface area contributed by atoms with Crippen LogP contribution < -0.4 is 0 Å². The summed E-state index contributed by atoms with van der Waals surface area (Å²) in [6.45, 7) is 7.31. The van der Waals surface area contributed by atoms with Gasteiger partial charge in [0, 0.05) is 31.1 Å². The van der Waals surface area contributed by atoms with Gasteiger partial charge in [-0.05, 0) is 19.4 Å². The lowest BCUT2D eigenvalue weighted by atomic mass is 10.1. The van der Waals surface area contributed by atoms with E-state index in [1.54, 1.807) is 4.90 Å². The molecule has 15 heavy (non-hydrogen) atoms. The van der Waals surface area contributed by atoms with Gasteiger partial charge in [-0.25, -0.2) is 0 Å². The van der Waals surface area contributed by atoms with E-state index in [4.69, 9.17) is 5.53 Å². The molecule has 0 aliphatic carbocycles. The summed E-state index contributed by atoms with van der Waals surface area (Å²) in [6.07, 6.45) is 0. The first kappa shape index (κ1) is 11.8. The van der Waals surface area contributed by atoms with E-state index in [0.29, 0.717) is 19.6 Å². The predicted molar refractivity (Wildman–Crippen MR) is 57.3 cm³/mol. The molecule has 0 radical (unpaired) electrons. The van der Waals surface area contributed by atoms with Crippen LogP contribution in [0.5, 0.6) is 0 Å². The molecule has 0 unspecified atom stereocenters. The molecule has 0 saturated carbocycles. The second-order valence-corrected chi connectivity index (χ2v) is 3.62. The van der Waals surface area contributed by atoms with Crippen LogP contribution in [0, 0.1) is 0 Å². The van der Waals surface area contributed by atoms with Crippen LogP contribution in [0.1, 0.15) is 13.8 Å². The molecule has 0 atom stereocenters. The Bertz CT molecular complexity index is 264. The van der Waals surface area contributed by atoms with Gasteiger partial charge in [-0.3, -0.25) is 9.69 Å². The van der Waals surface area contributed by atoms with Crippen LogP contribution in [0.15, 0.2) is 5.11 Å². The van der Waals surface area contributed by atoms with E-state index < -0.39 is 0 Å². The highest BCUT2D eigenvalue weighted by atomic mass is 16.2. The molecule has 0 N–H and O–H groups in total. The van der Waals surface area contributed by atoms with Crippen molar-refractivity contribution in [2.75, 3.05) is 32.7 Å². The summed E-state index contributed by atoms with van der Waals surface area (Å²) in [4.78, 5) is 18.2. The lowest BCUT2D eigenvalue weighted by Crippen LogP contribution is -2.53. The molecule has 1 saturated heterocycles. The summed E-state index contributed by atoms with van der Waals surface area (Å²) < 4.78 is 0. The van der Waals surface area contributed by atoms with Gasteiger partial charge in [-0.15, -0.1) is 0 Å². The van der Waals surface area contributed by atoms with Crippen molar-refractivity contribution < 1.29 is 4.79 Å². The van der Waals surface area contributed by atoms with Crippen molar-refractivity contribution in [3.63, 3.8) is 0 Å². The average molecular weight is 211 g/mol. The van der Waals surface area contributed by atoms with Crippen molar-refractivity contribution in [2.24, 2.45) is 5.11 Å². The molecule has 0 aromatic rings. The van der Waals surface area contributed by atoms with Gasteiger partial charge in [0.1, 0.15) is 0 Å². The first-order chi connectivity index (χ1) is 7.21. The lowest BCUT2D eigenvalue weighted by molar-refractivity contribution is -0.133. The Hall–Kier alpha value is -1.26. The maximum absolute atomic E-state index is 11.7. The Balaban J connectivity index is 2.26. The SMILES string of the molecule is CCN(CC)C(=O)CN1CC(N=[N+]=[N-])C1. The average Bonchev–Trinajstić information content (AvgIpc) is 2.16. The number of rotatable bonds is 5. The zero-order valence-corrected chi connectivity index (χ0v) is 9.26. The fourth-order valence-corrected chi connectivity index (χ4v) is 1.69. The summed E-state index contributed by atoms with van der Waals surface area (Å²) in [5.74, 6) is 0.152. The number of likely N-dealkylation sites (N-methyl/N-ethyl adjacent to an activating group) is 1. The third-order valence-electron chi connectivity index (χ3n) is 2.63. The van der Waals surface area contributed by atoms with E-state index in [2.05, 4.69) is 10.0 Å². The minimum absolute atomic E-state index is 0.0551. The van der Waals surface area contributed by atoms with Crippen LogP contribution in [0.3, 0.4) is 0 Å². The molecule has 0 aromatic carbocycles. The normalized spacial score (nSPS) is 16.7. The predicted octanol–water partition coefficient (Wildman–Crippen LogP) is 0.849. The fourth-order valence-electron chi connectivity index (χ4n) is 1.69. The van der Waals surface area contributed by atoms with Crippen molar-refractivity contribution in [2.45, 2.75) is 19.9 Å².